The van der Waals surface area contributed by atoms with Crippen molar-refractivity contribution < 1.29 is 0 Å². The fourth-order valence-electron chi connectivity index (χ4n) is 2.04. The topological polar surface area (TPSA) is 0 Å². The zero-order valence-corrected chi connectivity index (χ0v) is 12.4. The Hall–Kier alpha value is -2.30. The van der Waals surface area contributed by atoms with Gasteiger partial charge in [-0.1, -0.05) is 66.2 Å². The van der Waals surface area contributed by atoms with Crippen molar-refractivity contribution in [3.8, 4) is 0 Å². The predicted molar refractivity (Wildman–Crippen MR) is 89.3 cm³/mol. The number of hydrogen-bond acceptors (Lipinski definition) is 0. The van der Waals surface area contributed by atoms with Gasteiger partial charge >= 0.3 is 0 Å². The molecule has 0 heterocycles. The van der Waals surface area contributed by atoms with Gasteiger partial charge in [0.1, 0.15) is 0 Å². The molecule has 0 radical (unpaired) electrons. The summed E-state index contributed by atoms with van der Waals surface area (Å²) in [6.45, 7) is 6.33. The third-order valence-corrected chi connectivity index (χ3v) is 3.09. The first-order valence-electron chi connectivity index (χ1n) is 6.89. The summed E-state index contributed by atoms with van der Waals surface area (Å²) in [6, 6.07) is 18.8. The molecule has 0 spiro atoms. The maximum absolute atomic E-state index is 3.39. The molecule has 20 heavy (non-hydrogen) atoms. The van der Waals surface area contributed by atoms with Crippen molar-refractivity contribution in [2.45, 2.75) is 20.8 Å². The van der Waals surface area contributed by atoms with E-state index in [0.717, 1.165) is 5.57 Å². The van der Waals surface area contributed by atoms with Gasteiger partial charge in [0.25, 0.3) is 0 Å². The highest BCUT2D eigenvalue weighted by Gasteiger charge is 1.95. The van der Waals surface area contributed by atoms with Crippen molar-refractivity contribution in [3.63, 3.8) is 0 Å². The van der Waals surface area contributed by atoms with Crippen molar-refractivity contribution in [1.82, 2.24) is 0 Å². The third-order valence-electron chi connectivity index (χ3n) is 3.09. The second kappa shape index (κ2) is 6.75. The van der Waals surface area contributed by atoms with E-state index in [1.54, 1.807) is 0 Å². The molecule has 0 bridgehead atoms. The minimum absolute atomic E-state index is 1.15. The van der Waals surface area contributed by atoms with Gasteiger partial charge in [0.2, 0.25) is 0 Å². The van der Waals surface area contributed by atoms with Crippen molar-refractivity contribution in [1.29, 1.82) is 0 Å². The molecule has 0 heteroatoms. The Morgan fingerprint density at radius 3 is 2.05 bits per heavy atom. The quantitative estimate of drug-likeness (QED) is 0.609. The van der Waals surface area contributed by atoms with E-state index in [1.165, 1.54) is 22.3 Å². The predicted octanol–water partition coefficient (Wildman–Crippen LogP) is 5.83. The number of rotatable bonds is 3. The van der Waals surface area contributed by atoms with Gasteiger partial charge in [-0.3, -0.25) is 0 Å². The SMILES string of the molecule is CC(=C=Cc1ccccc1C=C(C)C)c1ccccc1. The van der Waals surface area contributed by atoms with Crippen LogP contribution in [-0.4, -0.2) is 0 Å². The summed E-state index contributed by atoms with van der Waals surface area (Å²) in [5.41, 5.74) is 9.49. The lowest BCUT2D eigenvalue weighted by atomic mass is 10.0. The zero-order valence-electron chi connectivity index (χ0n) is 12.4. The van der Waals surface area contributed by atoms with E-state index in [-0.39, 0.29) is 0 Å². The highest BCUT2D eigenvalue weighted by molar-refractivity contribution is 5.71. The Kier molecular flexibility index (Phi) is 4.76. The van der Waals surface area contributed by atoms with Crippen LogP contribution in [0.4, 0.5) is 0 Å². The summed E-state index contributed by atoms with van der Waals surface area (Å²) in [6.07, 6.45) is 4.27. The molecule has 100 valence electrons. The number of benzene rings is 2. The van der Waals surface area contributed by atoms with E-state index in [9.17, 15) is 0 Å². The van der Waals surface area contributed by atoms with Gasteiger partial charge in [0.05, 0.1) is 0 Å². The lowest BCUT2D eigenvalue weighted by Crippen LogP contribution is -1.80. The summed E-state index contributed by atoms with van der Waals surface area (Å²) >= 11 is 0. The van der Waals surface area contributed by atoms with E-state index in [2.05, 4.69) is 87.2 Å². The average molecular weight is 260 g/mol. The first-order valence-corrected chi connectivity index (χ1v) is 6.89. The summed E-state index contributed by atoms with van der Waals surface area (Å²) in [5.74, 6) is 0. The third kappa shape index (κ3) is 3.85. The second-order valence-corrected chi connectivity index (χ2v) is 5.13. The lowest BCUT2D eigenvalue weighted by molar-refractivity contribution is 1.42. The van der Waals surface area contributed by atoms with Crippen LogP contribution in [0.1, 0.15) is 37.5 Å². The molecule has 0 aliphatic rings. The molecule has 0 unspecified atom stereocenters. The van der Waals surface area contributed by atoms with E-state index < -0.39 is 0 Å². The van der Waals surface area contributed by atoms with Crippen LogP contribution >= 0.6 is 0 Å². The fraction of sp³-hybridized carbons (Fsp3) is 0.150. The molecule has 0 nitrogen and oxygen atoms in total. The number of hydrogen-bond donors (Lipinski definition) is 0. The van der Waals surface area contributed by atoms with Crippen molar-refractivity contribution in [2.24, 2.45) is 0 Å². The molecule has 0 saturated heterocycles. The molecule has 0 aliphatic heterocycles. The molecule has 0 amide bonds. The molecular weight excluding hydrogens is 240 g/mol. The zero-order chi connectivity index (χ0) is 14.4. The highest BCUT2D eigenvalue weighted by Crippen LogP contribution is 2.16. The van der Waals surface area contributed by atoms with Crippen LogP contribution in [-0.2, 0) is 0 Å². The van der Waals surface area contributed by atoms with Gasteiger partial charge in [-0.2, -0.15) is 0 Å². The standard InChI is InChI=1S/C20H20/c1-16(2)15-20-12-8-7-11-19(20)14-13-17(3)18-9-5-4-6-10-18/h4-12,14-15H,1-3H3. The van der Waals surface area contributed by atoms with Crippen LogP contribution in [0.3, 0.4) is 0 Å². The van der Waals surface area contributed by atoms with Crippen molar-refractivity contribution >= 4 is 17.7 Å². The number of allylic oxidation sites excluding steroid dienone is 2. The summed E-state index contributed by atoms with van der Waals surface area (Å²) in [5, 5.41) is 0. The Bertz CT molecular complexity index is 662. The second-order valence-electron chi connectivity index (χ2n) is 5.13. The molecule has 2 aromatic carbocycles. The van der Waals surface area contributed by atoms with E-state index in [0.29, 0.717) is 0 Å². The molecule has 0 fully saturated rings. The van der Waals surface area contributed by atoms with E-state index in [1.807, 2.05) is 6.07 Å². The Balaban J connectivity index is 2.39. The molecule has 0 N–H and O–H groups in total. The molecule has 0 aliphatic carbocycles. The average Bonchev–Trinajstić information content (AvgIpc) is 2.46. The van der Waals surface area contributed by atoms with E-state index >= 15 is 0 Å². The highest BCUT2D eigenvalue weighted by atomic mass is 14.0. The van der Waals surface area contributed by atoms with Crippen LogP contribution in [0, 0.1) is 0 Å². The molecule has 0 aromatic heterocycles. The van der Waals surface area contributed by atoms with Crippen LogP contribution in [0.2, 0.25) is 0 Å². The largest absolute Gasteiger partial charge is 0.116 e. The van der Waals surface area contributed by atoms with Gasteiger partial charge in [-0.05, 0) is 49.1 Å². The Morgan fingerprint density at radius 1 is 0.800 bits per heavy atom. The lowest BCUT2D eigenvalue weighted by Gasteiger charge is -2.01. The van der Waals surface area contributed by atoms with Crippen LogP contribution in [0.5, 0.6) is 0 Å². The van der Waals surface area contributed by atoms with Crippen LogP contribution < -0.4 is 0 Å². The van der Waals surface area contributed by atoms with Crippen molar-refractivity contribution in [2.75, 3.05) is 0 Å². The van der Waals surface area contributed by atoms with Gasteiger partial charge in [-0.25, -0.2) is 0 Å². The summed E-state index contributed by atoms with van der Waals surface area (Å²) < 4.78 is 0. The first kappa shape index (κ1) is 14.1. The molecule has 0 saturated carbocycles. The van der Waals surface area contributed by atoms with Gasteiger partial charge in [0.15, 0.2) is 0 Å². The molecule has 2 aromatic rings. The Labute approximate surface area is 121 Å². The fourth-order valence-corrected chi connectivity index (χ4v) is 2.04. The van der Waals surface area contributed by atoms with Crippen LogP contribution in [0.15, 0.2) is 65.9 Å². The van der Waals surface area contributed by atoms with E-state index in [4.69, 9.17) is 0 Å². The maximum atomic E-state index is 3.39. The first-order chi connectivity index (χ1) is 9.66. The smallest absolute Gasteiger partial charge is 0.00188 e. The molecular formula is C20H20. The van der Waals surface area contributed by atoms with Gasteiger partial charge in [0, 0.05) is 0 Å². The molecule has 0 atom stereocenters. The summed E-state index contributed by atoms with van der Waals surface area (Å²) in [4.78, 5) is 0. The van der Waals surface area contributed by atoms with Crippen molar-refractivity contribution in [3.05, 3.63) is 82.6 Å². The monoisotopic (exact) mass is 260 g/mol. The minimum Gasteiger partial charge on any atom is -0.116 e. The normalized spacial score (nSPS) is 9.55. The van der Waals surface area contributed by atoms with Gasteiger partial charge < -0.3 is 0 Å². The van der Waals surface area contributed by atoms with Gasteiger partial charge in [-0.15, -0.1) is 5.73 Å². The summed E-state index contributed by atoms with van der Waals surface area (Å²) in [7, 11) is 0. The molecule has 2 rings (SSSR count). The maximum Gasteiger partial charge on any atom is -0.00188 e. The minimum atomic E-state index is 1.15. The Morgan fingerprint density at radius 2 is 1.40 bits per heavy atom. The van der Waals surface area contributed by atoms with Crippen LogP contribution in [0.25, 0.3) is 17.7 Å².